The van der Waals surface area contributed by atoms with E-state index in [4.69, 9.17) is 9.47 Å². The van der Waals surface area contributed by atoms with E-state index in [0.29, 0.717) is 25.1 Å². The Balaban J connectivity index is 0.00000225. The standard InChI is InChI=1S/C19H21NO4.H2/c1-3-8-23-18(22)20-16-6-4-14(5-7-16)11-19-10-13(2)9-15(19)12-24-17(19)21;/h3-7,15H,1-2,8-12H2,(H,20,22);1H. The maximum absolute atomic E-state index is 12.3. The average molecular weight is 329 g/mol. The normalized spacial score (nSPS) is 25.1. The SMILES string of the molecule is C=CCOC(=O)Nc1ccc(CC23CC(=C)CC2COC3=O)cc1.[HH]. The quantitative estimate of drug-likeness (QED) is 0.660. The molecule has 128 valence electrons. The molecule has 1 aromatic carbocycles. The van der Waals surface area contributed by atoms with Gasteiger partial charge in [0.05, 0.1) is 12.0 Å². The van der Waals surface area contributed by atoms with Crippen LogP contribution >= 0.6 is 0 Å². The third-order valence-electron chi connectivity index (χ3n) is 4.76. The molecule has 0 radical (unpaired) electrons. The molecule has 1 aliphatic heterocycles. The van der Waals surface area contributed by atoms with E-state index in [1.807, 2.05) is 12.1 Å². The van der Waals surface area contributed by atoms with Gasteiger partial charge in [0.25, 0.3) is 0 Å². The smallest absolute Gasteiger partial charge is 0.411 e. The molecule has 2 aliphatic rings. The summed E-state index contributed by atoms with van der Waals surface area (Å²) in [4.78, 5) is 23.8. The number of hydrogen-bond acceptors (Lipinski definition) is 4. The van der Waals surface area contributed by atoms with Crippen LogP contribution in [0.2, 0.25) is 0 Å². The third kappa shape index (κ3) is 3.07. The Kier molecular flexibility index (Phi) is 4.42. The molecular formula is C19H23NO4. The Morgan fingerprint density at radius 1 is 1.46 bits per heavy atom. The van der Waals surface area contributed by atoms with Crippen molar-refractivity contribution >= 4 is 17.7 Å². The average Bonchev–Trinajstić information content (AvgIpc) is 3.02. The Hall–Kier alpha value is -2.56. The van der Waals surface area contributed by atoms with Crippen molar-refractivity contribution in [2.24, 2.45) is 11.3 Å². The van der Waals surface area contributed by atoms with Crippen LogP contribution in [0.4, 0.5) is 10.5 Å². The molecule has 1 N–H and O–H groups in total. The molecule has 2 fully saturated rings. The van der Waals surface area contributed by atoms with Crippen LogP contribution in [-0.2, 0) is 20.7 Å². The molecule has 2 unspecified atom stereocenters. The highest BCUT2D eigenvalue weighted by Gasteiger charge is 2.55. The summed E-state index contributed by atoms with van der Waals surface area (Å²) < 4.78 is 10.2. The monoisotopic (exact) mass is 329 g/mol. The highest BCUT2D eigenvalue weighted by atomic mass is 16.5. The topological polar surface area (TPSA) is 64.6 Å². The summed E-state index contributed by atoms with van der Waals surface area (Å²) >= 11 is 0. The summed E-state index contributed by atoms with van der Waals surface area (Å²) in [6, 6.07) is 7.45. The molecule has 1 aromatic rings. The fraction of sp³-hybridized carbons (Fsp3) is 0.368. The van der Waals surface area contributed by atoms with Crippen LogP contribution in [0.3, 0.4) is 0 Å². The maximum Gasteiger partial charge on any atom is 0.411 e. The van der Waals surface area contributed by atoms with Crippen LogP contribution in [0.5, 0.6) is 0 Å². The first-order valence-corrected chi connectivity index (χ1v) is 8.01. The van der Waals surface area contributed by atoms with Crippen molar-refractivity contribution in [3.8, 4) is 0 Å². The molecule has 1 saturated carbocycles. The molecule has 24 heavy (non-hydrogen) atoms. The van der Waals surface area contributed by atoms with Crippen LogP contribution in [0.1, 0.15) is 19.8 Å². The van der Waals surface area contributed by atoms with Gasteiger partial charge in [-0.25, -0.2) is 4.79 Å². The first kappa shape index (κ1) is 16.3. The molecule has 1 heterocycles. The fourth-order valence-corrected chi connectivity index (χ4v) is 3.62. The third-order valence-corrected chi connectivity index (χ3v) is 4.76. The zero-order chi connectivity index (χ0) is 17.2. The zero-order valence-electron chi connectivity index (χ0n) is 13.5. The molecule has 0 aromatic heterocycles. The molecule has 0 spiro atoms. The van der Waals surface area contributed by atoms with Crippen LogP contribution in [0, 0.1) is 11.3 Å². The number of cyclic esters (lactones) is 1. The lowest BCUT2D eigenvalue weighted by atomic mass is 9.75. The van der Waals surface area contributed by atoms with Crippen molar-refractivity contribution in [3.63, 3.8) is 0 Å². The lowest BCUT2D eigenvalue weighted by Gasteiger charge is -2.24. The van der Waals surface area contributed by atoms with Crippen molar-refractivity contribution in [3.05, 3.63) is 54.6 Å². The van der Waals surface area contributed by atoms with Gasteiger partial charge in [0, 0.05) is 13.0 Å². The fourth-order valence-electron chi connectivity index (χ4n) is 3.62. The second-order valence-electron chi connectivity index (χ2n) is 6.47. The highest BCUT2D eigenvalue weighted by molar-refractivity contribution is 5.84. The number of carbonyl (C=O) groups is 2. The maximum atomic E-state index is 12.3. The van der Waals surface area contributed by atoms with Crippen molar-refractivity contribution in [1.82, 2.24) is 0 Å². The number of hydrogen-bond donors (Lipinski definition) is 1. The second-order valence-corrected chi connectivity index (χ2v) is 6.47. The Labute approximate surface area is 142 Å². The van der Waals surface area contributed by atoms with Crippen molar-refractivity contribution in [2.45, 2.75) is 19.3 Å². The number of amides is 1. The van der Waals surface area contributed by atoms with Gasteiger partial charge in [-0.3, -0.25) is 10.1 Å². The van der Waals surface area contributed by atoms with Crippen molar-refractivity contribution in [2.75, 3.05) is 18.5 Å². The van der Waals surface area contributed by atoms with Crippen LogP contribution in [-0.4, -0.2) is 25.3 Å². The zero-order valence-corrected chi connectivity index (χ0v) is 13.5. The lowest BCUT2D eigenvalue weighted by molar-refractivity contribution is -0.146. The largest absolute Gasteiger partial charge is 0.465 e. The van der Waals surface area contributed by atoms with Gasteiger partial charge in [0.15, 0.2) is 0 Å². The van der Waals surface area contributed by atoms with Gasteiger partial charge in [0.2, 0.25) is 0 Å². The van der Waals surface area contributed by atoms with Gasteiger partial charge in [-0.2, -0.15) is 0 Å². The predicted octanol–water partition coefficient (Wildman–Crippen LogP) is 3.72. The van der Waals surface area contributed by atoms with Gasteiger partial charge in [-0.15, -0.1) is 0 Å². The molecule has 1 aliphatic carbocycles. The van der Waals surface area contributed by atoms with E-state index >= 15 is 0 Å². The van der Waals surface area contributed by atoms with Gasteiger partial charge in [-0.1, -0.05) is 36.9 Å². The lowest BCUT2D eigenvalue weighted by Crippen LogP contribution is -2.31. The minimum Gasteiger partial charge on any atom is -0.465 e. The van der Waals surface area contributed by atoms with Crippen LogP contribution < -0.4 is 5.32 Å². The molecular weight excluding hydrogens is 306 g/mol. The molecule has 5 heteroatoms. The van der Waals surface area contributed by atoms with Gasteiger partial charge in [-0.05, 0) is 37.0 Å². The number of benzene rings is 1. The number of nitrogens with one attached hydrogen (secondary N) is 1. The number of ether oxygens (including phenoxy) is 2. The second kappa shape index (κ2) is 6.51. The first-order valence-electron chi connectivity index (χ1n) is 8.01. The Bertz CT molecular complexity index is 685. The molecule has 2 atom stereocenters. The minimum absolute atomic E-state index is 0. The number of anilines is 1. The van der Waals surface area contributed by atoms with E-state index in [-0.39, 0.29) is 19.9 Å². The van der Waals surface area contributed by atoms with E-state index in [2.05, 4.69) is 18.5 Å². The Morgan fingerprint density at radius 2 is 2.21 bits per heavy atom. The molecule has 1 amide bonds. The number of esters is 1. The van der Waals surface area contributed by atoms with E-state index in [0.717, 1.165) is 17.6 Å². The van der Waals surface area contributed by atoms with E-state index in [9.17, 15) is 9.59 Å². The van der Waals surface area contributed by atoms with Gasteiger partial charge < -0.3 is 9.47 Å². The van der Waals surface area contributed by atoms with Crippen molar-refractivity contribution < 1.29 is 20.5 Å². The van der Waals surface area contributed by atoms with Gasteiger partial charge >= 0.3 is 12.1 Å². The van der Waals surface area contributed by atoms with E-state index in [1.165, 1.54) is 6.08 Å². The van der Waals surface area contributed by atoms with Gasteiger partial charge in [0.1, 0.15) is 6.61 Å². The molecule has 0 bridgehead atoms. The van der Waals surface area contributed by atoms with E-state index in [1.54, 1.807) is 12.1 Å². The summed E-state index contributed by atoms with van der Waals surface area (Å²) in [6.07, 6.45) is 3.18. The summed E-state index contributed by atoms with van der Waals surface area (Å²) in [7, 11) is 0. The number of rotatable bonds is 5. The molecule has 5 nitrogen and oxygen atoms in total. The number of carbonyl (C=O) groups excluding carboxylic acids is 2. The summed E-state index contributed by atoms with van der Waals surface area (Å²) in [6.45, 7) is 8.20. The minimum atomic E-state index is -0.521. The number of fused-ring (bicyclic) bond motifs is 1. The molecule has 3 rings (SSSR count). The van der Waals surface area contributed by atoms with Crippen LogP contribution in [0.15, 0.2) is 49.1 Å². The Morgan fingerprint density at radius 3 is 2.92 bits per heavy atom. The van der Waals surface area contributed by atoms with Crippen LogP contribution in [0.25, 0.3) is 0 Å². The predicted molar refractivity (Wildman–Crippen MR) is 92.7 cm³/mol. The summed E-state index contributed by atoms with van der Waals surface area (Å²) in [5.41, 5.74) is 2.35. The van der Waals surface area contributed by atoms with Crippen molar-refractivity contribution in [1.29, 1.82) is 0 Å². The summed E-state index contributed by atoms with van der Waals surface area (Å²) in [5.74, 6) is 0.116. The first-order chi connectivity index (χ1) is 11.5. The van der Waals surface area contributed by atoms with E-state index < -0.39 is 11.5 Å². The highest BCUT2D eigenvalue weighted by Crippen LogP contribution is 2.52. The number of allylic oxidation sites excluding steroid dienone is 1. The summed E-state index contributed by atoms with van der Waals surface area (Å²) in [5, 5.41) is 2.64. The molecule has 1 saturated heterocycles.